The summed E-state index contributed by atoms with van der Waals surface area (Å²) in [5.41, 5.74) is 7.18. The highest BCUT2D eigenvalue weighted by Gasteiger charge is 2.16. The molecule has 1 aromatic carbocycles. The Kier molecular flexibility index (Phi) is 3.82. The molecule has 0 spiro atoms. The lowest BCUT2D eigenvalue weighted by molar-refractivity contribution is 0.0991. The van der Waals surface area contributed by atoms with E-state index in [0.29, 0.717) is 12.4 Å². The third-order valence-electron chi connectivity index (χ3n) is 3.06. The number of amides is 1. The number of ether oxygens (including phenoxy) is 1. The van der Waals surface area contributed by atoms with Gasteiger partial charge in [0.15, 0.2) is 11.4 Å². The molecule has 110 valence electrons. The lowest BCUT2D eigenvalue weighted by Crippen LogP contribution is -2.13. The van der Waals surface area contributed by atoms with E-state index in [1.54, 1.807) is 24.7 Å². The minimum Gasteiger partial charge on any atom is -0.485 e. The zero-order chi connectivity index (χ0) is 15.4. The van der Waals surface area contributed by atoms with Gasteiger partial charge in [-0.3, -0.25) is 9.78 Å². The first kappa shape index (κ1) is 13.8. The summed E-state index contributed by atoms with van der Waals surface area (Å²) in [7, 11) is 0. The van der Waals surface area contributed by atoms with Gasteiger partial charge in [0.05, 0.1) is 18.1 Å². The van der Waals surface area contributed by atoms with Crippen molar-refractivity contribution < 1.29 is 9.53 Å². The summed E-state index contributed by atoms with van der Waals surface area (Å²) >= 11 is 0. The lowest BCUT2D eigenvalue weighted by atomic mass is 10.2. The summed E-state index contributed by atoms with van der Waals surface area (Å²) in [6.07, 6.45) is 4.92. The smallest absolute Gasteiger partial charge is 0.273 e. The van der Waals surface area contributed by atoms with Gasteiger partial charge in [0, 0.05) is 6.20 Å². The van der Waals surface area contributed by atoms with Crippen molar-refractivity contribution in [3.63, 3.8) is 0 Å². The molecule has 3 rings (SSSR count). The third kappa shape index (κ3) is 2.95. The molecule has 0 atom stereocenters. The van der Waals surface area contributed by atoms with E-state index in [9.17, 15) is 4.79 Å². The van der Waals surface area contributed by atoms with Crippen molar-refractivity contribution in [3.8, 4) is 11.4 Å². The zero-order valence-electron chi connectivity index (χ0n) is 11.7. The number of benzene rings is 1. The Morgan fingerprint density at radius 2 is 2.00 bits per heavy atom. The molecule has 0 saturated carbocycles. The van der Waals surface area contributed by atoms with E-state index >= 15 is 0 Å². The molecule has 2 aromatic heterocycles. The fraction of sp³-hybridized carbons (Fsp3) is 0.0625. The van der Waals surface area contributed by atoms with Gasteiger partial charge >= 0.3 is 0 Å². The molecular weight excluding hydrogens is 280 g/mol. The first-order valence-corrected chi connectivity index (χ1v) is 6.70. The van der Waals surface area contributed by atoms with Gasteiger partial charge in [-0.1, -0.05) is 30.3 Å². The van der Waals surface area contributed by atoms with Crippen LogP contribution in [0.2, 0.25) is 0 Å². The van der Waals surface area contributed by atoms with E-state index in [0.717, 1.165) is 11.3 Å². The highest BCUT2D eigenvalue weighted by Crippen LogP contribution is 2.20. The van der Waals surface area contributed by atoms with E-state index in [-0.39, 0.29) is 5.69 Å². The van der Waals surface area contributed by atoms with E-state index in [4.69, 9.17) is 10.5 Å². The number of hydrogen-bond donors (Lipinski definition) is 1. The number of hydrogen-bond acceptors (Lipinski definition) is 4. The van der Waals surface area contributed by atoms with Gasteiger partial charge in [0.1, 0.15) is 6.61 Å². The van der Waals surface area contributed by atoms with Crippen LogP contribution in [0.1, 0.15) is 16.1 Å². The first-order chi connectivity index (χ1) is 10.7. The van der Waals surface area contributed by atoms with E-state index in [1.165, 1.54) is 4.68 Å². The van der Waals surface area contributed by atoms with Crippen molar-refractivity contribution in [2.45, 2.75) is 6.61 Å². The van der Waals surface area contributed by atoms with Crippen LogP contribution in [-0.4, -0.2) is 20.7 Å². The predicted molar refractivity (Wildman–Crippen MR) is 80.7 cm³/mol. The van der Waals surface area contributed by atoms with Gasteiger partial charge < -0.3 is 10.5 Å². The molecular formula is C16H14N4O2. The maximum Gasteiger partial charge on any atom is 0.273 e. The lowest BCUT2D eigenvalue weighted by Gasteiger charge is -2.04. The first-order valence-electron chi connectivity index (χ1n) is 6.70. The van der Waals surface area contributed by atoms with Crippen LogP contribution in [0.4, 0.5) is 0 Å². The van der Waals surface area contributed by atoms with Crippen molar-refractivity contribution in [2.75, 3.05) is 0 Å². The summed E-state index contributed by atoms with van der Waals surface area (Å²) < 4.78 is 7.20. The van der Waals surface area contributed by atoms with E-state index in [2.05, 4.69) is 10.1 Å². The standard InChI is InChI=1S/C16H14N4O2/c17-16(21)15-14(22-11-12-5-2-1-3-6-12)10-20(19-15)13-7-4-8-18-9-13/h1-10H,11H2,(H2,17,21). The molecule has 3 aromatic rings. The summed E-state index contributed by atoms with van der Waals surface area (Å²) in [6.45, 7) is 0.333. The number of carbonyl (C=O) groups excluding carboxylic acids is 1. The second-order valence-electron chi connectivity index (χ2n) is 4.64. The van der Waals surface area contributed by atoms with Gasteiger partial charge in [0.2, 0.25) is 0 Å². The molecule has 0 fully saturated rings. The summed E-state index contributed by atoms with van der Waals surface area (Å²) in [5.74, 6) is -0.286. The zero-order valence-corrected chi connectivity index (χ0v) is 11.7. The quantitative estimate of drug-likeness (QED) is 0.779. The maximum absolute atomic E-state index is 11.5. The molecule has 0 saturated heterocycles. The summed E-state index contributed by atoms with van der Waals surface area (Å²) in [5, 5.41) is 4.17. The highest BCUT2D eigenvalue weighted by atomic mass is 16.5. The molecule has 2 heterocycles. The number of nitrogens with two attached hydrogens (primary N) is 1. The van der Waals surface area contributed by atoms with Crippen molar-refractivity contribution in [3.05, 3.63) is 72.3 Å². The highest BCUT2D eigenvalue weighted by molar-refractivity contribution is 5.93. The minimum atomic E-state index is -0.634. The van der Waals surface area contributed by atoms with Crippen LogP contribution in [-0.2, 0) is 6.61 Å². The number of primary amides is 1. The van der Waals surface area contributed by atoms with Gasteiger partial charge in [-0.05, 0) is 17.7 Å². The minimum absolute atomic E-state index is 0.0970. The molecule has 0 aliphatic heterocycles. The fourth-order valence-corrected chi connectivity index (χ4v) is 1.99. The van der Waals surface area contributed by atoms with Gasteiger partial charge in [-0.15, -0.1) is 0 Å². The topological polar surface area (TPSA) is 83.0 Å². The van der Waals surface area contributed by atoms with Crippen LogP contribution in [0.3, 0.4) is 0 Å². The number of carbonyl (C=O) groups is 1. The summed E-state index contributed by atoms with van der Waals surface area (Å²) in [4.78, 5) is 15.5. The molecule has 0 aliphatic rings. The third-order valence-corrected chi connectivity index (χ3v) is 3.06. The van der Waals surface area contributed by atoms with Crippen molar-refractivity contribution in [2.24, 2.45) is 5.73 Å². The van der Waals surface area contributed by atoms with Crippen LogP contribution < -0.4 is 10.5 Å². The van der Waals surface area contributed by atoms with Crippen LogP contribution >= 0.6 is 0 Å². The van der Waals surface area contributed by atoms with Crippen molar-refractivity contribution >= 4 is 5.91 Å². The molecule has 2 N–H and O–H groups in total. The van der Waals surface area contributed by atoms with Gasteiger partial charge in [0.25, 0.3) is 5.91 Å². The molecule has 0 aliphatic carbocycles. The Morgan fingerprint density at radius 1 is 1.18 bits per heavy atom. The van der Waals surface area contributed by atoms with E-state index < -0.39 is 5.91 Å². The molecule has 6 nitrogen and oxygen atoms in total. The molecule has 0 unspecified atom stereocenters. The number of nitrogens with zero attached hydrogens (tertiary/aromatic N) is 3. The Balaban J connectivity index is 1.86. The molecule has 1 amide bonds. The SMILES string of the molecule is NC(=O)c1nn(-c2cccnc2)cc1OCc1ccccc1. The number of rotatable bonds is 5. The molecule has 22 heavy (non-hydrogen) atoms. The molecule has 0 bridgehead atoms. The fourth-order valence-electron chi connectivity index (χ4n) is 1.99. The van der Waals surface area contributed by atoms with Crippen molar-refractivity contribution in [1.82, 2.24) is 14.8 Å². The van der Waals surface area contributed by atoms with Crippen LogP contribution in [0.5, 0.6) is 5.75 Å². The summed E-state index contributed by atoms with van der Waals surface area (Å²) in [6, 6.07) is 13.3. The van der Waals surface area contributed by atoms with Crippen LogP contribution in [0.25, 0.3) is 5.69 Å². The average Bonchev–Trinajstić information content (AvgIpc) is 2.99. The van der Waals surface area contributed by atoms with Gasteiger partial charge in [-0.25, -0.2) is 4.68 Å². The Morgan fingerprint density at radius 3 is 2.68 bits per heavy atom. The van der Waals surface area contributed by atoms with Crippen LogP contribution in [0.15, 0.2) is 61.1 Å². The Labute approximate surface area is 127 Å². The second-order valence-corrected chi connectivity index (χ2v) is 4.64. The average molecular weight is 294 g/mol. The normalized spacial score (nSPS) is 10.4. The number of pyridine rings is 1. The van der Waals surface area contributed by atoms with Crippen LogP contribution in [0, 0.1) is 0 Å². The maximum atomic E-state index is 11.5. The predicted octanol–water partition coefficient (Wildman–Crippen LogP) is 1.95. The Bertz CT molecular complexity index is 769. The van der Waals surface area contributed by atoms with Crippen molar-refractivity contribution in [1.29, 1.82) is 0 Å². The largest absolute Gasteiger partial charge is 0.485 e. The van der Waals surface area contributed by atoms with E-state index in [1.807, 2.05) is 36.4 Å². The molecule has 6 heteroatoms. The second kappa shape index (κ2) is 6.09. The monoisotopic (exact) mass is 294 g/mol. The Hall–Kier alpha value is -3.15. The molecule has 0 radical (unpaired) electrons. The number of aromatic nitrogens is 3. The van der Waals surface area contributed by atoms with Gasteiger partial charge in [-0.2, -0.15) is 5.10 Å².